The van der Waals surface area contributed by atoms with Crippen molar-refractivity contribution in [1.82, 2.24) is 9.78 Å². The molecule has 5 nitrogen and oxygen atoms in total. The van der Waals surface area contributed by atoms with Gasteiger partial charge < -0.3 is 9.47 Å². The third kappa shape index (κ3) is 2.41. The highest BCUT2D eigenvalue weighted by atomic mass is 16.5. The molecule has 20 heavy (non-hydrogen) atoms. The number of esters is 1. The fourth-order valence-corrected chi connectivity index (χ4v) is 2.69. The van der Waals surface area contributed by atoms with Crippen molar-refractivity contribution >= 4 is 16.9 Å². The van der Waals surface area contributed by atoms with Crippen LogP contribution in [-0.2, 0) is 16.0 Å². The van der Waals surface area contributed by atoms with Gasteiger partial charge in [0.25, 0.3) is 0 Å². The standard InChI is InChI=1S/C15H18N2O3/c1-19-15(18)14-12-4-2-3-5-13(12)17(16-14)10-11-6-8-20-9-7-11/h2-5,11H,6-10H2,1H3. The van der Waals surface area contributed by atoms with Gasteiger partial charge in [0.05, 0.1) is 12.6 Å². The predicted octanol–water partition coefficient (Wildman–Crippen LogP) is 2.25. The van der Waals surface area contributed by atoms with Crippen molar-refractivity contribution in [2.45, 2.75) is 19.4 Å². The summed E-state index contributed by atoms with van der Waals surface area (Å²) in [7, 11) is 1.38. The van der Waals surface area contributed by atoms with E-state index >= 15 is 0 Å². The average molecular weight is 274 g/mol. The molecule has 0 spiro atoms. The van der Waals surface area contributed by atoms with Crippen LogP contribution in [-0.4, -0.2) is 36.1 Å². The summed E-state index contributed by atoms with van der Waals surface area (Å²) in [5.41, 5.74) is 1.38. The van der Waals surface area contributed by atoms with E-state index in [4.69, 9.17) is 9.47 Å². The summed E-state index contributed by atoms with van der Waals surface area (Å²) < 4.78 is 12.1. The molecule has 1 aromatic heterocycles. The highest BCUT2D eigenvalue weighted by Crippen LogP contribution is 2.23. The van der Waals surface area contributed by atoms with Crippen LogP contribution in [0.15, 0.2) is 24.3 Å². The van der Waals surface area contributed by atoms with Crippen LogP contribution in [0.4, 0.5) is 0 Å². The maximum atomic E-state index is 11.8. The Hall–Kier alpha value is -1.88. The second kappa shape index (κ2) is 5.63. The minimum atomic E-state index is -0.382. The summed E-state index contributed by atoms with van der Waals surface area (Å²) in [6.45, 7) is 2.45. The van der Waals surface area contributed by atoms with Crippen molar-refractivity contribution < 1.29 is 14.3 Å². The van der Waals surface area contributed by atoms with E-state index in [-0.39, 0.29) is 5.97 Å². The molecule has 3 rings (SSSR count). The zero-order valence-corrected chi connectivity index (χ0v) is 11.5. The third-order valence-electron chi connectivity index (χ3n) is 3.81. The number of aromatic nitrogens is 2. The summed E-state index contributed by atoms with van der Waals surface area (Å²) in [5.74, 6) is 0.171. The second-order valence-electron chi connectivity index (χ2n) is 5.10. The van der Waals surface area contributed by atoms with Crippen LogP contribution in [0.2, 0.25) is 0 Å². The Kier molecular flexibility index (Phi) is 3.69. The predicted molar refractivity (Wildman–Crippen MR) is 74.6 cm³/mol. The van der Waals surface area contributed by atoms with Gasteiger partial charge in [-0.1, -0.05) is 18.2 Å². The van der Waals surface area contributed by atoms with Gasteiger partial charge in [-0.25, -0.2) is 4.79 Å². The van der Waals surface area contributed by atoms with Crippen molar-refractivity contribution in [2.75, 3.05) is 20.3 Å². The van der Waals surface area contributed by atoms with Crippen molar-refractivity contribution in [3.8, 4) is 0 Å². The minimum Gasteiger partial charge on any atom is -0.464 e. The molecule has 0 saturated carbocycles. The third-order valence-corrected chi connectivity index (χ3v) is 3.81. The van der Waals surface area contributed by atoms with E-state index in [9.17, 15) is 4.79 Å². The number of benzene rings is 1. The zero-order valence-electron chi connectivity index (χ0n) is 11.5. The molecule has 1 aliphatic heterocycles. The molecule has 0 aliphatic carbocycles. The van der Waals surface area contributed by atoms with E-state index in [0.717, 1.165) is 43.5 Å². The van der Waals surface area contributed by atoms with Crippen molar-refractivity contribution in [2.24, 2.45) is 5.92 Å². The molecule has 0 bridgehead atoms. The Bertz CT molecular complexity index is 615. The Balaban J connectivity index is 1.95. The highest BCUT2D eigenvalue weighted by molar-refractivity contribution is 6.02. The number of carbonyl (C=O) groups is 1. The van der Waals surface area contributed by atoms with Crippen molar-refractivity contribution in [1.29, 1.82) is 0 Å². The topological polar surface area (TPSA) is 53.3 Å². The Morgan fingerprint density at radius 3 is 2.90 bits per heavy atom. The molecule has 0 unspecified atom stereocenters. The molecule has 2 aromatic rings. The molecule has 5 heteroatoms. The van der Waals surface area contributed by atoms with E-state index in [1.54, 1.807) is 0 Å². The van der Waals surface area contributed by atoms with E-state index in [2.05, 4.69) is 5.10 Å². The summed E-state index contributed by atoms with van der Waals surface area (Å²) in [4.78, 5) is 11.8. The molecule has 1 fully saturated rings. The number of para-hydroxylation sites is 1. The van der Waals surface area contributed by atoms with E-state index in [1.165, 1.54) is 7.11 Å². The van der Waals surface area contributed by atoms with Crippen LogP contribution >= 0.6 is 0 Å². The largest absolute Gasteiger partial charge is 0.464 e. The number of rotatable bonds is 3. The van der Waals surface area contributed by atoms with Gasteiger partial charge in [-0.05, 0) is 24.8 Å². The molecule has 0 N–H and O–H groups in total. The lowest BCUT2D eigenvalue weighted by atomic mass is 10.0. The first kappa shape index (κ1) is 13.1. The summed E-state index contributed by atoms with van der Waals surface area (Å²) in [6, 6.07) is 7.78. The van der Waals surface area contributed by atoms with Crippen molar-refractivity contribution in [3.05, 3.63) is 30.0 Å². The fraction of sp³-hybridized carbons (Fsp3) is 0.467. The van der Waals surface area contributed by atoms with Gasteiger partial charge in [0.2, 0.25) is 0 Å². The molecule has 2 heterocycles. The van der Waals surface area contributed by atoms with Crippen LogP contribution in [0.5, 0.6) is 0 Å². The molecular formula is C15H18N2O3. The first-order chi connectivity index (χ1) is 9.79. The number of carbonyl (C=O) groups excluding carboxylic acids is 1. The van der Waals surface area contributed by atoms with Gasteiger partial charge in [0, 0.05) is 25.1 Å². The number of methoxy groups -OCH3 is 1. The summed E-state index contributed by atoms with van der Waals surface area (Å²) >= 11 is 0. The molecule has 1 aromatic carbocycles. The monoisotopic (exact) mass is 274 g/mol. The molecule has 1 aliphatic rings. The molecular weight excluding hydrogens is 256 g/mol. The zero-order chi connectivity index (χ0) is 13.9. The quantitative estimate of drug-likeness (QED) is 0.806. The normalized spacial score (nSPS) is 16.4. The van der Waals surface area contributed by atoms with Gasteiger partial charge in [-0.2, -0.15) is 5.10 Å². The highest BCUT2D eigenvalue weighted by Gasteiger charge is 2.20. The van der Waals surface area contributed by atoms with E-state index in [0.29, 0.717) is 11.6 Å². The van der Waals surface area contributed by atoms with Gasteiger partial charge in [-0.3, -0.25) is 4.68 Å². The summed E-state index contributed by atoms with van der Waals surface area (Å²) in [6.07, 6.45) is 2.09. The van der Waals surface area contributed by atoms with E-state index in [1.807, 2.05) is 28.9 Å². The van der Waals surface area contributed by atoms with Gasteiger partial charge in [-0.15, -0.1) is 0 Å². The van der Waals surface area contributed by atoms with Crippen LogP contribution < -0.4 is 0 Å². The Labute approximate surface area is 117 Å². The average Bonchev–Trinajstić information content (AvgIpc) is 2.87. The first-order valence-corrected chi connectivity index (χ1v) is 6.91. The number of nitrogens with zero attached hydrogens (tertiary/aromatic N) is 2. The lowest BCUT2D eigenvalue weighted by molar-refractivity contribution is 0.0577. The molecule has 1 saturated heterocycles. The van der Waals surface area contributed by atoms with Gasteiger partial charge in [0.1, 0.15) is 0 Å². The van der Waals surface area contributed by atoms with Crippen LogP contribution in [0.25, 0.3) is 10.9 Å². The van der Waals surface area contributed by atoms with Crippen LogP contribution in [0.1, 0.15) is 23.3 Å². The lowest BCUT2D eigenvalue weighted by Crippen LogP contribution is -2.21. The SMILES string of the molecule is COC(=O)c1nn(CC2CCOCC2)c2ccccc12. The summed E-state index contributed by atoms with van der Waals surface area (Å²) in [5, 5.41) is 5.31. The number of ether oxygens (including phenoxy) is 2. The van der Waals surface area contributed by atoms with Gasteiger partial charge in [0.15, 0.2) is 5.69 Å². The van der Waals surface area contributed by atoms with E-state index < -0.39 is 0 Å². The maximum Gasteiger partial charge on any atom is 0.359 e. The minimum absolute atomic E-state index is 0.382. The van der Waals surface area contributed by atoms with Crippen LogP contribution in [0.3, 0.4) is 0 Å². The number of hydrogen-bond donors (Lipinski definition) is 0. The number of hydrogen-bond acceptors (Lipinski definition) is 4. The smallest absolute Gasteiger partial charge is 0.359 e. The second-order valence-corrected chi connectivity index (χ2v) is 5.10. The first-order valence-electron chi connectivity index (χ1n) is 6.91. The lowest BCUT2D eigenvalue weighted by Gasteiger charge is -2.22. The maximum absolute atomic E-state index is 11.8. The molecule has 0 amide bonds. The van der Waals surface area contributed by atoms with Crippen LogP contribution in [0, 0.1) is 5.92 Å². The molecule has 106 valence electrons. The Morgan fingerprint density at radius 1 is 1.40 bits per heavy atom. The Morgan fingerprint density at radius 2 is 2.15 bits per heavy atom. The van der Waals surface area contributed by atoms with Gasteiger partial charge >= 0.3 is 5.97 Å². The van der Waals surface area contributed by atoms with Crippen molar-refractivity contribution in [3.63, 3.8) is 0 Å². The number of fused-ring (bicyclic) bond motifs is 1. The molecule has 0 radical (unpaired) electrons. The molecule has 0 atom stereocenters. The fourth-order valence-electron chi connectivity index (χ4n) is 2.69.